The number of nitrogens with one attached hydrogen (secondary N) is 1. The van der Waals surface area contributed by atoms with Crippen molar-refractivity contribution in [2.45, 2.75) is 58.9 Å². The van der Waals surface area contributed by atoms with Gasteiger partial charge < -0.3 is 10.4 Å². The molecular formula is C13H25NO2. The summed E-state index contributed by atoms with van der Waals surface area (Å²) in [6.07, 6.45) is 4.87. The molecule has 0 atom stereocenters. The lowest BCUT2D eigenvalue weighted by Crippen LogP contribution is -2.36. The maximum atomic E-state index is 10.8. The van der Waals surface area contributed by atoms with Crippen LogP contribution in [0.4, 0.5) is 0 Å². The number of aliphatic carboxylic acids is 1. The molecule has 3 heteroatoms. The molecule has 0 radical (unpaired) electrons. The molecule has 3 nitrogen and oxygen atoms in total. The predicted molar refractivity (Wildman–Crippen MR) is 65.5 cm³/mol. The second-order valence-electron chi connectivity index (χ2n) is 6.15. The Morgan fingerprint density at radius 2 is 1.81 bits per heavy atom. The Hall–Kier alpha value is -0.570. The van der Waals surface area contributed by atoms with E-state index in [-0.39, 0.29) is 5.92 Å². The van der Waals surface area contributed by atoms with Gasteiger partial charge in [0.25, 0.3) is 0 Å². The molecule has 1 rings (SSSR count). The molecule has 0 amide bonds. The first kappa shape index (κ1) is 13.5. The molecule has 2 N–H and O–H groups in total. The van der Waals surface area contributed by atoms with Crippen LogP contribution in [0, 0.1) is 11.3 Å². The lowest BCUT2D eigenvalue weighted by atomic mass is 9.85. The van der Waals surface area contributed by atoms with Crippen LogP contribution in [0.3, 0.4) is 0 Å². The van der Waals surface area contributed by atoms with Gasteiger partial charge in [-0.1, -0.05) is 20.8 Å². The van der Waals surface area contributed by atoms with Crippen LogP contribution in [0.1, 0.15) is 52.9 Å². The van der Waals surface area contributed by atoms with E-state index in [2.05, 4.69) is 26.1 Å². The van der Waals surface area contributed by atoms with Gasteiger partial charge in [0.2, 0.25) is 0 Å². The number of carboxylic acid groups (broad SMARTS) is 1. The molecule has 0 unspecified atom stereocenters. The van der Waals surface area contributed by atoms with Crippen molar-refractivity contribution in [3.05, 3.63) is 0 Å². The molecular weight excluding hydrogens is 202 g/mol. The van der Waals surface area contributed by atoms with Gasteiger partial charge in [-0.2, -0.15) is 0 Å². The molecule has 1 aliphatic carbocycles. The first-order chi connectivity index (χ1) is 7.38. The fourth-order valence-corrected chi connectivity index (χ4v) is 2.20. The number of carbonyl (C=O) groups is 1. The highest BCUT2D eigenvalue weighted by atomic mass is 16.4. The lowest BCUT2D eigenvalue weighted by Gasteiger charge is -2.28. The molecule has 0 aromatic rings. The molecule has 0 saturated heterocycles. The smallest absolute Gasteiger partial charge is 0.306 e. The zero-order valence-corrected chi connectivity index (χ0v) is 10.8. The Morgan fingerprint density at radius 1 is 1.25 bits per heavy atom. The molecule has 1 saturated carbocycles. The van der Waals surface area contributed by atoms with Gasteiger partial charge in [0.1, 0.15) is 0 Å². The van der Waals surface area contributed by atoms with E-state index < -0.39 is 5.97 Å². The van der Waals surface area contributed by atoms with Crippen LogP contribution in [-0.4, -0.2) is 23.7 Å². The Balaban J connectivity index is 2.15. The minimum atomic E-state index is -0.617. The summed E-state index contributed by atoms with van der Waals surface area (Å²) in [6.45, 7) is 7.79. The summed E-state index contributed by atoms with van der Waals surface area (Å²) >= 11 is 0. The van der Waals surface area contributed by atoms with E-state index in [0.717, 1.165) is 32.2 Å². The second-order valence-corrected chi connectivity index (χ2v) is 6.15. The van der Waals surface area contributed by atoms with Crippen molar-refractivity contribution in [1.29, 1.82) is 0 Å². The molecule has 0 spiro atoms. The molecule has 0 bridgehead atoms. The van der Waals surface area contributed by atoms with Crippen molar-refractivity contribution >= 4 is 5.97 Å². The Labute approximate surface area is 98.6 Å². The summed E-state index contributed by atoms with van der Waals surface area (Å²) in [5.74, 6) is -0.714. The van der Waals surface area contributed by atoms with Crippen LogP contribution in [-0.2, 0) is 4.79 Å². The zero-order valence-electron chi connectivity index (χ0n) is 10.8. The minimum Gasteiger partial charge on any atom is -0.481 e. The van der Waals surface area contributed by atoms with Crippen LogP contribution in [0.15, 0.2) is 0 Å². The summed E-state index contributed by atoms with van der Waals surface area (Å²) in [7, 11) is 0. The zero-order chi connectivity index (χ0) is 12.2. The van der Waals surface area contributed by atoms with E-state index >= 15 is 0 Å². The van der Waals surface area contributed by atoms with Crippen LogP contribution >= 0.6 is 0 Å². The third-order valence-electron chi connectivity index (χ3n) is 3.38. The summed E-state index contributed by atoms with van der Waals surface area (Å²) in [5, 5.41) is 12.4. The van der Waals surface area contributed by atoms with Gasteiger partial charge in [-0.15, -0.1) is 0 Å². The van der Waals surface area contributed by atoms with Crippen LogP contribution in [0.5, 0.6) is 0 Å². The Kier molecular flexibility index (Phi) is 4.78. The van der Waals surface area contributed by atoms with E-state index in [1.807, 2.05) is 0 Å². The van der Waals surface area contributed by atoms with Crippen molar-refractivity contribution in [2.24, 2.45) is 11.3 Å². The largest absolute Gasteiger partial charge is 0.481 e. The molecule has 16 heavy (non-hydrogen) atoms. The standard InChI is InChI=1S/C13H25NO2/c1-13(2,3)8-9-14-11-6-4-10(5-7-11)12(15)16/h10-11,14H,4-9H2,1-3H3,(H,15,16). The number of hydrogen-bond donors (Lipinski definition) is 2. The Bertz CT molecular complexity index is 225. The SMILES string of the molecule is CC(C)(C)CCNC1CCC(C(=O)O)CC1. The van der Waals surface area contributed by atoms with E-state index in [9.17, 15) is 4.79 Å². The monoisotopic (exact) mass is 227 g/mol. The number of hydrogen-bond acceptors (Lipinski definition) is 2. The van der Waals surface area contributed by atoms with Gasteiger partial charge in [0.15, 0.2) is 0 Å². The highest BCUT2D eigenvalue weighted by Gasteiger charge is 2.25. The van der Waals surface area contributed by atoms with Gasteiger partial charge in [-0.3, -0.25) is 4.79 Å². The Morgan fingerprint density at radius 3 is 2.25 bits per heavy atom. The molecule has 0 aromatic heterocycles. The molecule has 94 valence electrons. The number of carboxylic acids is 1. The summed E-state index contributed by atoms with van der Waals surface area (Å²) < 4.78 is 0. The second kappa shape index (κ2) is 5.67. The van der Waals surface area contributed by atoms with E-state index in [1.165, 1.54) is 6.42 Å². The van der Waals surface area contributed by atoms with E-state index in [1.54, 1.807) is 0 Å². The third-order valence-corrected chi connectivity index (χ3v) is 3.38. The lowest BCUT2D eigenvalue weighted by molar-refractivity contribution is -0.142. The van der Waals surface area contributed by atoms with Gasteiger partial charge in [-0.25, -0.2) is 0 Å². The fourth-order valence-electron chi connectivity index (χ4n) is 2.20. The van der Waals surface area contributed by atoms with Crippen molar-refractivity contribution in [1.82, 2.24) is 5.32 Å². The summed E-state index contributed by atoms with van der Waals surface area (Å²) in [4.78, 5) is 10.8. The van der Waals surface area contributed by atoms with Crippen LogP contribution in [0.25, 0.3) is 0 Å². The fraction of sp³-hybridized carbons (Fsp3) is 0.923. The maximum absolute atomic E-state index is 10.8. The summed E-state index contributed by atoms with van der Waals surface area (Å²) in [5.41, 5.74) is 0.380. The normalized spacial score (nSPS) is 26.7. The molecule has 0 heterocycles. The van der Waals surface area contributed by atoms with Crippen molar-refractivity contribution in [3.63, 3.8) is 0 Å². The molecule has 0 aromatic carbocycles. The first-order valence-electron chi connectivity index (χ1n) is 6.35. The predicted octanol–water partition coefficient (Wildman–Crippen LogP) is 2.66. The highest BCUT2D eigenvalue weighted by Crippen LogP contribution is 2.25. The maximum Gasteiger partial charge on any atom is 0.306 e. The van der Waals surface area contributed by atoms with E-state index in [4.69, 9.17) is 5.11 Å². The van der Waals surface area contributed by atoms with Gasteiger partial charge in [-0.05, 0) is 44.1 Å². The average Bonchev–Trinajstić information content (AvgIpc) is 2.16. The third kappa shape index (κ3) is 4.97. The van der Waals surface area contributed by atoms with Crippen molar-refractivity contribution in [2.75, 3.05) is 6.54 Å². The first-order valence-corrected chi connectivity index (χ1v) is 6.35. The quantitative estimate of drug-likeness (QED) is 0.776. The molecule has 1 fully saturated rings. The summed E-state index contributed by atoms with van der Waals surface area (Å²) in [6, 6.07) is 0.540. The van der Waals surface area contributed by atoms with Gasteiger partial charge in [0, 0.05) is 6.04 Å². The minimum absolute atomic E-state index is 0.0966. The van der Waals surface area contributed by atoms with Gasteiger partial charge in [0.05, 0.1) is 5.92 Å². The van der Waals surface area contributed by atoms with Crippen LogP contribution < -0.4 is 5.32 Å². The highest BCUT2D eigenvalue weighted by molar-refractivity contribution is 5.70. The molecule has 1 aliphatic rings. The van der Waals surface area contributed by atoms with Gasteiger partial charge >= 0.3 is 5.97 Å². The van der Waals surface area contributed by atoms with E-state index in [0.29, 0.717) is 11.5 Å². The van der Waals surface area contributed by atoms with Crippen LogP contribution in [0.2, 0.25) is 0 Å². The average molecular weight is 227 g/mol. The topological polar surface area (TPSA) is 49.3 Å². The number of rotatable bonds is 4. The molecule has 0 aliphatic heterocycles. The van der Waals surface area contributed by atoms with Crippen molar-refractivity contribution < 1.29 is 9.90 Å². The van der Waals surface area contributed by atoms with Crippen molar-refractivity contribution in [3.8, 4) is 0 Å².